The second kappa shape index (κ2) is 10.3. The second-order valence-corrected chi connectivity index (χ2v) is 9.09. The van der Waals surface area contributed by atoms with Gasteiger partial charge in [-0.05, 0) is 73.4 Å². The van der Waals surface area contributed by atoms with E-state index in [1.165, 1.54) is 0 Å². The Kier molecular flexibility index (Phi) is 6.76. The van der Waals surface area contributed by atoms with Gasteiger partial charge in [-0.25, -0.2) is 0 Å². The van der Waals surface area contributed by atoms with E-state index in [-0.39, 0.29) is 17.8 Å². The van der Waals surface area contributed by atoms with Crippen molar-refractivity contribution in [2.75, 3.05) is 31.7 Å². The number of guanidine groups is 1. The van der Waals surface area contributed by atoms with E-state index in [0.29, 0.717) is 37.0 Å². The van der Waals surface area contributed by atoms with Gasteiger partial charge in [-0.1, -0.05) is 6.07 Å². The molecule has 3 aliphatic rings. The smallest absolute Gasteiger partial charge is 0.280 e. The van der Waals surface area contributed by atoms with Crippen molar-refractivity contribution in [3.63, 3.8) is 0 Å². The van der Waals surface area contributed by atoms with E-state index in [4.69, 9.17) is 9.47 Å². The lowest BCUT2D eigenvalue weighted by atomic mass is 10.0. The van der Waals surface area contributed by atoms with E-state index in [9.17, 15) is 9.59 Å². The first-order chi connectivity index (χ1) is 16.6. The molecule has 2 heterocycles. The molecule has 0 aromatic heterocycles. The molecule has 8 heteroatoms. The average Bonchev–Trinajstić information content (AvgIpc) is 3.69. The zero-order valence-corrected chi connectivity index (χ0v) is 19.1. The quantitative estimate of drug-likeness (QED) is 0.580. The van der Waals surface area contributed by atoms with Crippen LogP contribution >= 0.6 is 0 Å². The zero-order valence-electron chi connectivity index (χ0n) is 19.1. The lowest BCUT2D eigenvalue weighted by Crippen LogP contribution is -2.48. The molecule has 0 atom stereocenters. The number of rotatable bonds is 7. The number of nitrogens with one attached hydrogen (secondary N) is 3. The van der Waals surface area contributed by atoms with Crippen molar-refractivity contribution in [3.05, 3.63) is 53.6 Å². The summed E-state index contributed by atoms with van der Waals surface area (Å²) in [5.74, 6) is 1.52. The van der Waals surface area contributed by atoms with Crippen LogP contribution in [0, 0.1) is 5.92 Å². The third-order valence-corrected chi connectivity index (χ3v) is 6.37. The Morgan fingerprint density at radius 1 is 1.12 bits per heavy atom. The molecule has 0 radical (unpaired) electrons. The number of benzene rings is 2. The molecule has 2 aromatic rings. The van der Waals surface area contributed by atoms with Crippen LogP contribution in [0.2, 0.25) is 0 Å². The molecule has 1 saturated carbocycles. The molecule has 1 aliphatic carbocycles. The minimum Gasteiger partial charge on any atom is -0.493 e. The van der Waals surface area contributed by atoms with Gasteiger partial charge in [0.25, 0.3) is 5.91 Å². The topological polar surface area (TPSA) is 101 Å². The van der Waals surface area contributed by atoms with Crippen molar-refractivity contribution in [3.8, 4) is 5.75 Å². The first-order valence-electron chi connectivity index (χ1n) is 12.0. The first kappa shape index (κ1) is 22.4. The molecule has 5 rings (SSSR count). The summed E-state index contributed by atoms with van der Waals surface area (Å²) in [5, 5.41) is 9.05. The summed E-state index contributed by atoms with van der Waals surface area (Å²) in [7, 11) is 0. The van der Waals surface area contributed by atoms with Gasteiger partial charge in [0.1, 0.15) is 5.75 Å². The molecule has 0 spiro atoms. The number of carbonyl (C=O) groups excluding carboxylic acids is 2. The Morgan fingerprint density at radius 2 is 1.97 bits per heavy atom. The summed E-state index contributed by atoms with van der Waals surface area (Å²) >= 11 is 0. The van der Waals surface area contributed by atoms with Gasteiger partial charge in [0, 0.05) is 49.2 Å². The van der Waals surface area contributed by atoms with E-state index in [0.717, 1.165) is 61.6 Å². The van der Waals surface area contributed by atoms with Gasteiger partial charge >= 0.3 is 0 Å². The van der Waals surface area contributed by atoms with Gasteiger partial charge in [-0.15, -0.1) is 0 Å². The third-order valence-electron chi connectivity index (χ3n) is 6.37. The lowest BCUT2D eigenvalue weighted by molar-refractivity contribution is -0.120. The molecular weight excluding hydrogens is 432 g/mol. The minimum atomic E-state index is -0.373. The van der Waals surface area contributed by atoms with E-state index >= 15 is 0 Å². The Morgan fingerprint density at radius 3 is 2.76 bits per heavy atom. The maximum Gasteiger partial charge on any atom is 0.280 e. The van der Waals surface area contributed by atoms with Gasteiger partial charge < -0.3 is 20.1 Å². The van der Waals surface area contributed by atoms with Gasteiger partial charge in [0.05, 0.1) is 6.61 Å². The van der Waals surface area contributed by atoms with Crippen LogP contribution < -0.4 is 20.7 Å². The van der Waals surface area contributed by atoms with E-state index < -0.39 is 0 Å². The number of anilines is 2. The minimum absolute atomic E-state index is 0.137. The molecule has 8 nitrogen and oxygen atoms in total. The van der Waals surface area contributed by atoms with Crippen molar-refractivity contribution in [2.24, 2.45) is 10.9 Å². The normalized spacial score (nSPS) is 19.9. The zero-order chi connectivity index (χ0) is 23.3. The molecular formula is C26H30N4O4. The largest absolute Gasteiger partial charge is 0.493 e. The Balaban J connectivity index is 1.28. The highest BCUT2D eigenvalue weighted by Crippen LogP contribution is 2.44. The van der Waals surface area contributed by atoms with Crippen LogP contribution in [0.3, 0.4) is 0 Å². The van der Waals surface area contributed by atoms with Crippen molar-refractivity contribution in [1.82, 2.24) is 10.6 Å². The highest BCUT2D eigenvalue weighted by Gasteiger charge is 2.27. The number of carbonyl (C=O) groups is 2. The Hall–Kier alpha value is -3.39. The van der Waals surface area contributed by atoms with Crippen LogP contribution in [-0.2, 0) is 9.53 Å². The summed E-state index contributed by atoms with van der Waals surface area (Å²) in [5.41, 5.74) is 3.55. The number of nitrogens with zero attached hydrogens (tertiary/aromatic N) is 1. The number of ether oxygens (including phenoxy) is 2. The van der Waals surface area contributed by atoms with Crippen LogP contribution in [0.5, 0.6) is 5.75 Å². The highest BCUT2D eigenvalue weighted by molar-refractivity contribution is 6.08. The lowest BCUT2D eigenvalue weighted by Gasteiger charge is -2.22. The molecule has 2 saturated heterocycles. The van der Waals surface area contributed by atoms with E-state index in [2.05, 4.69) is 20.9 Å². The monoisotopic (exact) mass is 462 g/mol. The van der Waals surface area contributed by atoms with Crippen LogP contribution in [0.1, 0.15) is 53.9 Å². The summed E-state index contributed by atoms with van der Waals surface area (Å²) < 4.78 is 11.5. The number of hydrogen-bond acceptors (Lipinski definition) is 5. The standard InChI is InChI=1S/C26H30N4O4/c31-24-8-11-27-26(29-24)30-25(32)19-6-7-23(22(14-19)18-4-5-18)28-20-2-1-3-21(15-20)34-16-17-9-12-33-13-10-17/h1-3,6-7,14-15,17-18,28H,4-5,8-13,16H2,(H2,27,29,30,31,32). The highest BCUT2D eigenvalue weighted by atomic mass is 16.5. The third kappa shape index (κ3) is 5.75. The summed E-state index contributed by atoms with van der Waals surface area (Å²) in [6.07, 6.45) is 4.67. The van der Waals surface area contributed by atoms with Crippen molar-refractivity contribution >= 4 is 29.1 Å². The van der Waals surface area contributed by atoms with Gasteiger partial charge in [0.15, 0.2) is 0 Å². The molecule has 0 bridgehead atoms. The first-order valence-corrected chi connectivity index (χ1v) is 12.0. The van der Waals surface area contributed by atoms with Crippen molar-refractivity contribution < 1.29 is 19.1 Å². The molecule has 3 N–H and O–H groups in total. The van der Waals surface area contributed by atoms with Gasteiger partial charge in [0.2, 0.25) is 11.9 Å². The predicted molar refractivity (Wildman–Crippen MR) is 130 cm³/mol. The summed E-state index contributed by atoms with van der Waals surface area (Å²) in [4.78, 5) is 28.3. The number of hydrogen-bond donors (Lipinski definition) is 3. The predicted octanol–water partition coefficient (Wildman–Crippen LogP) is 3.72. The molecule has 34 heavy (non-hydrogen) atoms. The maximum atomic E-state index is 12.7. The average molecular weight is 463 g/mol. The van der Waals surface area contributed by atoms with Gasteiger partial charge in [-0.3, -0.25) is 14.9 Å². The second-order valence-electron chi connectivity index (χ2n) is 9.09. The summed E-state index contributed by atoms with van der Waals surface area (Å²) in [6.45, 7) is 2.81. The van der Waals surface area contributed by atoms with Crippen molar-refractivity contribution in [2.45, 2.75) is 38.0 Å². The molecule has 2 aliphatic heterocycles. The fraction of sp³-hybridized carbons (Fsp3) is 0.423. The van der Waals surface area contributed by atoms with Crippen LogP contribution in [-0.4, -0.2) is 44.1 Å². The molecule has 3 fully saturated rings. The van der Waals surface area contributed by atoms with Crippen LogP contribution in [0.25, 0.3) is 0 Å². The molecule has 2 aromatic carbocycles. The van der Waals surface area contributed by atoms with Crippen LogP contribution in [0.15, 0.2) is 47.5 Å². The molecule has 0 unspecified atom stereocenters. The fourth-order valence-electron chi connectivity index (χ4n) is 4.25. The van der Waals surface area contributed by atoms with Gasteiger partial charge in [-0.2, -0.15) is 4.99 Å². The fourth-order valence-corrected chi connectivity index (χ4v) is 4.25. The molecule has 178 valence electrons. The van der Waals surface area contributed by atoms with Crippen molar-refractivity contribution in [1.29, 1.82) is 0 Å². The summed E-state index contributed by atoms with van der Waals surface area (Å²) in [6, 6.07) is 13.6. The Labute approximate surface area is 199 Å². The van der Waals surface area contributed by atoms with Crippen LogP contribution in [0.4, 0.5) is 11.4 Å². The Bertz CT molecular complexity index is 1090. The van der Waals surface area contributed by atoms with E-state index in [1.54, 1.807) is 6.07 Å². The van der Waals surface area contributed by atoms with E-state index in [1.807, 2.05) is 36.4 Å². The number of aliphatic imine (C=N–C) groups is 1. The SMILES string of the molecule is O=C1CCN/C(=N\C(=O)c2ccc(Nc3cccc(OCC4CCOCC4)c3)c(C3CC3)c2)N1. The maximum absolute atomic E-state index is 12.7. The molecule has 2 amide bonds. The number of amides is 2.